The van der Waals surface area contributed by atoms with Crippen molar-refractivity contribution in [3.63, 3.8) is 0 Å². The summed E-state index contributed by atoms with van der Waals surface area (Å²) >= 11 is 0. The summed E-state index contributed by atoms with van der Waals surface area (Å²) in [6, 6.07) is 0.396. The summed E-state index contributed by atoms with van der Waals surface area (Å²) in [6.45, 7) is 2.80. The van der Waals surface area contributed by atoms with Gasteiger partial charge in [-0.1, -0.05) is 0 Å². The molecule has 1 aliphatic rings. The predicted octanol–water partition coefficient (Wildman–Crippen LogP) is -0.475. The molecule has 0 aromatic rings. The maximum absolute atomic E-state index is 11.9. The fourth-order valence-electron chi connectivity index (χ4n) is 2.00. The van der Waals surface area contributed by atoms with E-state index in [0.29, 0.717) is 12.6 Å². The zero-order valence-electron chi connectivity index (χ0n) is 11.3. The van der Waals surface area contributed by atoms with E-state index in [2.05, 4.69) is 10.0 Å². The Morgan fingerprint density at radius 2 is 2.17 bits per heavy atom. The van der Waals surface area contributed by atoms with Crippen molar-refractivity contribution in [2.75, 3.05) is 27.2 Å². The lowest BCUT2D eigenvalue weighted by molar-refractivity contribution is -0.127. The molecule has 1 unspecified atom stereocenters. The van der Waals surface area contributed by atoms with Crippen molar-refractivity contribution in [3.8, 4) is 0 Å². The molecule has 1 aliphatic heterocycles. The van der Waals surface area contributed by atoms with Crippen LogP contribution in [0.15, 0.2) is 0 Å². The first-order chi connectivity index (χ1) is 8.34. The number of carbonyl (C=O) groups excluding carboxylic acids is 1. The zero-order valence-corrected chi connectivity index (χ0v) is 12.1. The molecule has 1 saturated heterocycles. The van der Waals surface area contributed by atoms with Crippen LogP contribution in [0.25, 0.3) is 0 Å². The van der Waals surface area contributed by atoms with Gasteiger partial charge in [0.15, 0.2) is 5.25 Å². The van der Waals surface area contributed by atoms with Gasteiger partial charge in [-0.05, 0) is 32.7 Å². The number of nitrogens with one attached hydrogen (secondary N) is 2. The standard InChI is InChI=1S/C11H23N3O3S/c1-9(11(15)14(2)3)18(16,17)13-8-6-10-5-4-7-12-10/h9-10,12-13H,4-8H2,1-3H3/t9?,10-/m1/s1. The third-order valence-electron chi connectivity index (χ3n) is 3.21. The van der Waals surface area contributed by atoms with Gasteiger partial charge >= 0.3 is 0 Å². The third kappa shape index (κ3) is 4.22. The van der Waals surface area contributed by atoms with Gasteiger partial charge < -0.3 is 10.2 Å². The molecule has 1 amide bonds. The van der Waals surface area contributed by atoms with Gasteiger partial charge in [-0.2, -0.15) is 0 Å². The summed E-state index contributed by atoms with van der Waals surface area (Å²) < 4.78 is 26.2. The molecule has 0 aromatic carbocycles. The first-order valence-corrected chi connectivity index (χ1v) is 7.82. The Hall–Kier alpha value is -0.660. The first-order valence-electron chi connectivity index (χ1n) is 6.27. The van der Waals surface area contributed by atoms with Crippen LogP contribution < -0.4 is 10.0 Å². The predicted molar refractivity (Wildman–Crippen MR) is 70.7 cm³/mol. The molecule has 0 radical (unpaired) electrons. The van der Waals surface area contributed by atoms with Gasteiger partial charge in [0, 0.05) is 26.7 Å². The second kappa shape index (κ2) is 6.49. The number of hydrogen-bond acceptors (Lipinski definition) is 4. The second-order valence-electron chi connectivity index (χ2n) is 4.90. The highest BCUT2D eigenvalue weighted by Crippen LogP contribution is 2.08. The van der Waals surface area contributed by atoms with Crippen molar-refractivity contribution >= 4 is 15.9 Å². The lowest BCUT2D eigenvalue weighted by Crippen LogP contribution is -2.43. The number of hydrogen-bond donors (Lipinski definition) is 2. The van der Waals surface area contributed by atoms with E-state index in [1.165, 1.54) is 11.8 Å². The highest BCUT2D eigenvalue weighted by atomic mass is 32.2. The zero-order chi connectivity index (χ0) is 13.8. The summed E-state index contributed by atoms with van der Waals surface area (Å²) in [5.41, 5.74) is 0. The van der Waals surface area contributed by atoms with Crippen molar-refractivity contribution in [2.24, 2.45) is 0 Å². The molecule has 0 saturated carbocycles. The summed E-state index contributed by atoms with van der Waals surface area (Å²) in [4.78, 5) is 12.9. The smallest absolute Gasteiger partial charge is 0.241 e. The number of carbonyl (C=O) groups is 1. The molecule has 106 valence electrons. The molecule has 6 nitrogen and oxygen atoms in total. The monoisotopic (exact) mass is 277 g/mol. The highest BCUT2D eigenvalue weighted by Gasteiger charge is 2.28. The van der Waals surface area contributed by atoms with E-state index in [9.17, 15) is 13.2 Å². The Morgan fingerprint density at radius 1 is 1.50 bits per heavy atom. The van der Waals surface area contributed by atoms with Crippen LogP contribution in [-0.2, 0) is 14.8 Å². The van der Waals surface area contributed by atoms with Crippen molar-refractivity contribution in [1.82, 2.24) is 14.9 Å². The largest absolute Gasteiger partial charge is 0.348 e. The molecule has 1 fully saturated rings. The average Bonchev–Trinajstić information content (AvgIpc) is 2.79. The topological polar surface area (TPSA) is 78.5 Å². The Labute approximate surface area is 109 Å². The van der Waals surface area contributed by atoms with Crippen LogP contribution in [0.4, 0.5) is 0 Å². The molecule has 18 heavy (non-hydrogen) atoms. The number of rotatable bonds is 6. The molecular formula is C11H23N3O3S. The maximum Gasteiger partial charge on any atom is 0.241 e. The Balaban J connectivity index is 2.41. The maximum atomic E-state index is 11.9. The molecule has 1 rings (SSSR count). The molecule has 2 N–H and O–H groups in total. The van der Waals surface area contributed by atoms with Crippen molar-refractivity contribution in [3.05, 3.63) is 0 Å². The highest BCUT2D eigenvalue weighted by molar-refractivity contribution is 7.90. The van der Waals surface area contributed by atoms with E-state index in [1.807, 2.05) is 0 Å². The van der Waals surface area contributed by atoms with Gasteiger partial charge in [0.1, 0.15) is 0 Å². The van der Waals surface area contributed by atoms with Crippen molar-refractivity contribution < 1.29 is 13.2 Å². The number of sulfonamides is 1. The molecule has 0 spiro atoms. The average molecular weight is 277 g/mol. The van der Waals surface area contributed by atoms with E-state index in [-0.39, 0.29) is 0 Å². The van der Waals surface area contributed by atoms with E-state index < -0.39 is 21.2 Å². The lowest BCUT2D eigenvalue weighted by atomic mass is 10.2. The normalized spacial score (nSPS) is 21.8. The van der Waals surface area contributed by atoms with E-state index in [1.54, 1.807) is 14.1 Å². The Bertz CT molecular complexity index is 375. The van der Waals surface area contributed by atoms with Crippen molar-refractivity contribution in [1.29, 1.82) is 0 Å². The molecule has 7 heteroatoms. The second-order valence-corrected chi connectivity index (χ2v) is 6.98. The van der Waals surface area contributed by atoms with Gasteiger partial charge in [-0.3, -0.25) is 4.79 Å². The number of nitrogens with zero attached hydrogens (tertiary/aromatic N) is 1. The quantitative estimate of drug-likeness (QED) is 0.688. The fourth-order valence-corrected chi connectivity index (χ4v) is 3.13. The van der Waals surface area contributed by atoms with Crippen molar-refractivity contribution in [2.45, 2.75) is 37.5 Å². The van der Waals surface area contributed by atoms with Crippen LogP contribution in [0.1, 0.15) is 26.2 Å². The molecule has 1 heterocycles. The summed E-state index contributed by atoms with van der Waals surface area (Å²) in [5, 5.41) is 2.27. The number of amides is 1. The Kier molecular flexibility index (Phi) is 5.55. The van der Waals surface area contributed by atoms with Crippen LogP contribution in [0.5, 0.6) is 0 Å². The minimum absolute atomic E-state index is 0.380. The van der Waals surface area contributed by atoms with Crippen LogP contribution in [0, 0.1) is 0 Å². The summed E-state index contributed by atoms with van der Waals surface area (Å²) in [7, 11) is -0.460. The third-order valence-corrected chi connectivity index (χ3v) is 4.95. The van der Waals surface area contributed by atoms with Gasteiger partial charge in [-0.25, -0.2) is 13.1 Å². The lowest BCUT2D eigenvalue weighted by Gasteiger charge is -2.18. The Morgan fingerprint density at radius 3 is 2.67 bits per heavy atom. The molecule has 0 aromatic heterocycles. The van der Waals surface area contributed by atoms with Gasteiger partial charge in [0.05, 0.1) is 0 Å². The molecule has 0 aliphatic carbocycles. The van der Waals surface area contributed by atoms with Gasteiger partial charge in [-0.15, -0.1) is 0 Å². The molecule has 0 bridgehead atoms. The minimum atomic E-state index is -3.57. The van der Waals surface area contributed by atoms with E-state index in [0.717, 1.165) is 25.8 Å². The van der Waals surface area contributed by atoms with E-state index >= 15 is 0 Å². The summed E-state index contributed by atoms with van der Waals surface area (Å²) in [6.07, 6.45) is 3.00. The van der Waals surface area contributed by atoms with Gasteiger partial charge in [0.25, 0.3) is 0 Å². The molecular weight excluding hydrogens is 254 g/mol. The first kappa shape index (κ1) is 15.4. The van der Waals surface area contributed by atoms with Crippen LogP contribution >= 0.6 is 0 Å². The van der Waals surface area contributed by atoms with Gasteiger partial charge in [0.2, 0.25) is 15.9 Å². The van der Waals surface area contributed by atoms with Crippen LogP contribution in [-0.4, -0.2) is 57.7 Å². The van der Waals surface area contributed by atoms with Crippen LogP contribution in [0.2, 0.25) is 0 Å². The molecule has 2 atom stereocenters. The fraction of sp³-hybridized carbons (Fsp3) is 0.909. The van der Waals surface area contributed by atoms with E-state index in [4.69, 9.17) is 0 Å². The SMILES string of the molecule is CC(C(=O)N(C)C)S(=O)(=O)NCC[C@H]1CCCN1. The minimum Gasteiger partial charge on any atom is -0.348 e. The summed E-state index contributed by atoms with van der Waals surface area (Å²) in [5.74, 6) is -0.401. The van der Waals surface area contributed by atoms with Crippen LogP contribution in [0.3, 0.4) is 0 Å².